The fourth-order valence-corrected chi connectivity index (χ4v) is 2.49. The Kier molecular flexibility index (Phi) is 3.81. The Morgan fingerprint density at radius 3 is 2.70 bits per heavy atom. The van der Waals surface area contributed by atoms with Crippen LogP contribution in [0, 0.1) is 5.41 Å². The van der Waals surface area contributed by atoms with E-state index in [1.165, 1.54) is 0 Å². The Labute approximate surface area is 118 Å². The first-order valence-corrected chi connectivity index (χ1v) is 6.75. The molecule has 1 aromatic rings. The van der Waals surface area contributed by atoms with Crippen LogP contribution in [0.1, 0.15) is 36.2 Å². The number of nitrogens with two attached hydrogens (primary N) is 1. The molecule has 3 N–H and O–H groups in total. The fraction of sp³-hybridized carbons (Fsp3) is 0.467. The summed E-state index contributed by atoms with van der Waals surface area (Å²) in [5.74, 6) is -1.00. The Morgan fingerprint density at radius 2 is 2.10 bits per heavy atom. The van der Waals surface area contributed by atoms with Gasteiger partial charge in [0.2, 0.25) is 5.91 Å². The van der Waals surface area contributed by atoms with Crippen molar-refractivity contribution in [2.24, 2.45) is 11.1 Å². The number of carboxylic acid groups (broad SMARTS) is 1. The maximum Gasteiger partial charge on any atom is 0.336 e. The van der Waals surface area contributed by atoms with Crippen molar-refractivity contribution < 1.29 is 14.7 Å². The second-order valence-electron chi connectivity index (χ2n) is 5.76. The molecule has 5 nitrogen and oxygen atoms in total. The highest BCUT2D eigenvalue weighted by atomic mass is 16.4. The van der Waals surface area contributed by atoms with E-state index < -0.39 is 11.4 Å². The van der Waals surface area contributed by atoms with Crippen molar-refractivity contribution in [3.8, 4) is 0 Å². The van der Waals surface area contributed by atoms with Gasteiger partial charge in [-0.15, -0.1) is 0 Å². The molecule has 0 bridgehead atoms. The van der Waals surface area contributed by atoms with Crippen molar-refractivity contribution in [2.45, 2.75) is 26.7 Å². The van der Waals surface area contributed by atoms with Crippen LogP contribution < -0.4 is 10.6 Å². The molecule has 0 aromatic heterocycles. The van der Waals surface area contributed by atoms with E-state index >= 15 is 0 Å². The quantitative estimate of drug-likeness (QED) is 0.879. The Morgan fingerprint density at radius 1 is 1.40 bits per heavy atom. The molecule has 1 aliphatic rings. The zero-order valence-electron chi connectivity index (χ0n) is 11.8. The van der Waals surface area contributed by atoms with E-state index in [0.717, 1.165) is 12.0 Å². The zero-order valence-corrected chi connectivity index (χ0v) is 11.8. The molecule has 5 heteroatoms. The molecule has 1 heterocycles. The summed E-state index contributed by atoms with van der Waals surface area (Å²) in [5, 5.41) is 9.25. The third-order valence-electron chi connectivity index (χ3n) is 3.82. The molecule has 1 amide bonds. The van der Waals surface area contributed by atoms with Crippen LogP contribution in [0.15, 0.2) is 18.2 Å². The average Bonchev–Trinajstić information content (AvgIpc) is 2.45. The first kappa shape index (κ1) is 14.5. The molecular weight excluding hydrogens is 256 g/mol. The van der Waals surface area contributed by atoms with Crippen LogP contribution in [0.5, 0.6) is 0 Å². The summed E-state index contributed by atoms with van der Waals surface area (Å²) in [7, 11) is 0. The van der Waals surface area contributed by atoms with E-state index in [1.54, 1.807) is 17.0 Å². The summed E-state index contributed by atoms with van der Waals surface area (Å²) in [6.07, 6.45) is 1.45. The van der Waals surface area contributed by atoms with Crippen molar-refractivity contribution in [3.63, 3.8) is 0 Å². The highest BCUT2D eigenvalue weighted by Gasteiger charge is 2.34. The number of carboxylic acids is 1. The second-order valence-corrected chi connectivity index (χ2v) is 5.76. The van der Waals surface area contributed by atoms with E-state index in [4.69, 9.17) is 5.73 Å². The van der Waals surface area contributed by atoms with Crippen molar-refractivity contribution in [1.29, 1.82) is 0 Å². The summed E-state index contributed by atoms with van der Waals surface area (Å²) in [4.78, 5) is 25.6. The minimum atomic E-state index is -0.950. The van der Waals surface area contributed by atoms with Gasteiger partial charge < -0.3 is 15.7 Å². The van der Waals surface area contributed by atoms with Gasteiger partial charge in [0.1, 0.15) is 0 Å². The lowest BCUT2D eigenvalue weighted by molar-refractivity contribution is -0.126. The van der Waals surface area contributed by atoms with E-state index in [1.807, 2.05) is 19.9 Å². The number of hydrogen-bond acceptors (Lipinski definition) is 3. The molecule has 1 aliphatic heterocycles. The molecule has 20 heavy (non-hydrogen) atoms. The fourth-order valence-electron chi connectivity index (χ4n) is 2.49. The zero-order chi connectivity index (χ0) is 14.9. The van der Waals surface area contributed by atoms with Gasteiger partial charge in [-0.3, -0.25) is 4.79 Å². The molecule has 0 fully saturated rings. The van der Waals surface area contributed by atoms with E-state index in [-0.39, 0.29) is 18.0 Å². The van der Waals surface area contributed by atoms with Gasteiger partial charge in [-0.1, -0.05) is 6.07 Å². The van der Waals surface area contributed by atoms with Crippen LogP contribution in [0.3, 0.4) is 0 Å². The molecule has 0 atom stereocenters. The van der Waals surface area contributed by atoms with Gasteiger partial charge in [0.05, 0.1) is 11.0 Å². The average molecular weight is 276 g/mol. The Hall–Kier alpha value is -1.88. The van der Waals surface area contributed by atoms with E-state index in [9.17, 15) is 14.7 Å². The van der Waals surface area contributed by atoms with Crippen LogP contribution in [0.2, 0.25) is 0 Å². The summed E-state index contributed by atoms with van der Waals surface area (Å²) in [6.45, 7) is 4.49. The predicted molar refractivity (Wildman–Crippen MR) is 76.9 cm³/mol. The van der Waals surface area contributed by atoms with Gasteiger partial charge in [0.15, 0.2) is 0 Å². The van der Waals surface area contributed by atoms with E-state index in [2.05, 4.69) is 0 Å². The van der Waals surface area contributed by atoms with Crippen LogP contribution in [0.4, 0.5) is 5.69 Å². The number of aromatic carboxylic acids is 1. The SMILES string of the molecule is CC(C)(CN)C(=O)N1CCCc2c(C(=O)O)cccc21. The lowest BCUT2D eigenvalue weighted by atomic mass is 9.89. The lowest BCUT2D eigenvalue weighted by Gasteiger charge is -2.35. The third kappa shape index (κ3) is 2.41. The monoisotopic (exact) mass is 276 g/mol. The largest absolute Gasteiger partial charge is 0.478 e. The third-order valence-corrected chi connectivity index (χ3v) is 3.82. The maximum absolute atomic E-state index is 12.6. The minimum absolute atomic E-state index is 0.0523. The summed E-state index contributed by atoms with van der Waals surface area (Å²) in [6, 6.07) is 5.08. The van der Waals surface area contributed by atoms with Crippen LogP contribution >= 0.6 is 0 Å². The lowest BCUT2D eigenvalue weighted by Crippen LogP contribution is -2.47. The van der Waals surface area contributed by atoms with Crippen LogP contribution in [-0.4, -0.2) is 30.1 Å². The molecule has 0 aliphatic carbocycles. The summed E-state index contributed by atoms with van der Waals surface area (Å²) < 4.78 is 0. The number of hydrogen-bond donors (Lipinski definition) is 2. The first-order chi connectivity index (χ1) is 9.38. The second kappa shape index (κ2) is 5.25. The molecule has 0 spiro atoms. The molecule has 1 aromatic carbocycles. The van der Waals surface area contributed by atoms with Crippen molar-refractivity contribution in [1.82, 2.24) is 0 Å². The molecule has 2 rings (SSSR count). The molecular formula is C15H20N2O3. The number of anilines is 1. The van der Waals surface area contributed by atoms with Crippen LogP contribution in [0.25, 0.3) is 0 Å². The first-order valence-electron chi connectivity index (χ1n) is 6.75. The van der Waals surface area contributed by atoms with Gasteiger partial charge in [0.25, 0.3) is 0 Å². The molecule has 0 unspecified atom stereocenters. The number of nitrogens with zero attached hydrogens (tertiary/aromatic N) is 1. The number of carbonyl (C=O) groups is 2. The van der Waals surface area contributed by atoms with Crippen molar-refractivity contribution >= 4 is 17.6 Å². The number of carbonyl (C=O) groups excluding carboxylic acids is 1. The number of benzene rings is 1. The number of amides is 1. The van der Waals surface area contributed by atoms with Gasteiger partial charge in [-0.25, -0.2) is 4.79 Å². The minimum Gasteiger partial charge on any atom is -0.478 e. The maximum atomic E-state index is 12.6. The summed E-state index contributed by atoms with van der Waals surface area (Å²) >= 11 is 0. The predicted octanol–water partition coefficient (Wildman–Crippen LogP) is 1.65. The number of fused-ring (bicyclic) bond motifs is 1. The van der Waals surface area contributed by atoms with Gasteiger partial charge in [0, 0.05) is 18.8 Å². The Bertz CT molecular complexity index is 552. The normalized spacial score (nSPS) is 14.8. The topological polar surface area (TPSA) is 83.6 Å². The van der Waals surface area contributed by atoms with Crippen molar-refractivity contribution in [2.75, 3.05) is 18.0 Å². The van der Waals surface area contributed by atoms with Gasteiger partial charge in [-0.05, 0) is 44.4 Å². The standard InChI is InChI=1S/C15H20N2O3/c1-15(2,9-16)14(20)17-8-4-6-10-11(13(18)19)5-3-7-12(10)17/h3,5,7H,4,6,8-9,16H2,1-2H3,(H,18,19). The Balaban J connectivity index is 2.46. The molecule has 0 saturated carbocycles. The molecule has 0 saturated heterocycles. The number of rotatable bonds is 3. The van der Waals surface area contributed by atoms with Gasteiger partial charge >= 0.3 is 5.97 Å². The van der Waals surface area contributed by atoms with Crippen LogP contribution in [-0.2, 0) is 11.2 Å². The van der Waals surface area contributed by atoms with Gasteiger partial charge in [-0.2, -0.15) is 0 Å². The smallest absolute Gasteiger partial charge is 0.336 e. The highest BCUT2D eigenvalue weighted by molar-refractivity contribution is 6.00. The highest BCUT2D eigenvalue weighted by Crippen LogP contribution is 2.32. The summed E-state index contributed by atoms with van der Waals surface area (Å²) in [5.41, 5.74) is 6.76. The molecule has 108 valence electrons. The van der Waals surface area contributed by atoms with Crippen molar-refractivity contribution in [3.05, 3.63) is 29.3 Å². The van der Waals surface area contributed by atoms with E-state index in [0.29, 0.717) is 18.7 Å². The molecule has 0 radical (unpaired) electrons.